The zero-order valence-electron chi connectivity index (χ0n) is 10.8. The molecular weight excluding hydrogens is 294 g/mol. The van der Waals surface area contributed by atoms with Crippen LogP contribution < -0.4 is 10.9 Å². The number of aryl methyl sites for hydroxylation is 1. The molecule has 3 heterocycles. The molecule has 0 bridgehead atoms. The van der Waals surface area contributed by atoms with Crippen molar-refractivity contribution >= 4 is 33.0 Å². The molecule has 0 radical (unpaired) electrons. The van der Waals surface area contributed by atoms with Gasteiger partial charge in [-0.2, -0.15) is 4.98 Å². The number of carbonyl (C=O) groups is 1. The average Bonchev–Trinajstić information content (AvgIpc) is 2.82. The second kappa shape index (κ2) is 4.94. The van der Waals surface area contributed by atoms with Gasteiger partial charge in [-0.25, -0.2) is 14.8 Å². The molecule has 8 nitrogen and oxygen atoms in total. The van der Waals surface area contributed by atoms with Gasteiger partial charge in [-0.1, -0.05) is 11.3 Å². The van der Waals surface area contributed by atoms with Crippen molar-refractivity contribution in [1.29, 1.82) is 0 Å². The Morgan fingerprint density at radius 2 is 2.19 bits per heavy atom. The Morgan fingerprint density at radius 1 is 1.38 bits per heavy atom. The first kappa shape index (κ1) is 13.2. The molecule has 1 amide bonds. The number of anilines is 1. The smallest absolute Gasteiger partial charge is 0.410 e. The highest BCUT2D eigenvalue weighted by atomic mass is 32.1. The molecule has 21 heavy (non-hydrogen) atoms. The number of fused-ring (bicyclic) bond motifs is 1. The van der Waals surface area contributed by atoms with Gasteiger partial charge >= 0.3 is 6.09 Å². The van der Waals surface area contributed by atoms with Crippen molar-refractivity contribution in [2.75, 3.05) is 5.32 Å². The summed E-state index contributed by atoms with van der Waals surface area (Å²) in [6, 6.07) is 3.11. The fraction of sp³-hybridized carbons (Fsp3) is 0.0833. The summed E-state index contributed by atoms with van der Waals surface area (Å²) < 4.78 is 1.45. The van der Waals surface area contributed by atoms with Gasteiger partial charge in [0, 0.05) is 24.9 Å². The van der Waals surface area contributed by atoms with Crippen LogP contribution in [0.15, 0.2) is 29.3 Å². The summed E-state index contributed by atoms with van der Waals surface area (Å²) in [6.07, 6.45) is 2.01. The molecule has 0 unspecified atom stereocenters. The quantitative estimate of drug-likeness (QED) is 0.743. The van der Waals surface area contributed by atoms with E-state index in [-0.39, 0.29) is 10.7 Å². The lowest BCUT2D eigenvalue weighted by Gasteiger charge is -2.02. The number of carboxylic acid groups (broad SMARTS) is 1. The van der Waals surface area contributed by atoms with E-state index < -0.39 is 6.09 Å². The van der Waals surface area contributed by atoms with E-state index in [0.717, 1.165) is 16.9 Å². The highest BCUT2D eigenvalue weighted by Crippen LogP contribution is 2.25. The molecule has 0 aliphatic carbocycles. The van der Waals surface area contributed by atoms with Gasteiger partial charge in [-0.05, 0) is 6.07 Å². The third-order valence-corrected chi connectivity index (χ3v) is 3.57. The number of nitrogens with one attached hydrogen (secondary N) is 1. The number of hydrogen-bond donors (Lipinski definition) is 2. The predicted octanol–water partition coefficient (Wildman–Crippen LogP) is 1.54. The maximum absolute atomic E-state index is 11.4. The van der Waals surface area contributed by atoms with Crippen molar-refractivity contribution in [1.82, 2.24) is 19.5 Å². The molecule has 0 fully saturated rings. The van der Waals surface area contributed by atoms with Crippen molar-refractivity contribution in [2.45, 2.75) is 0 Å². The lowest BCUT2D eigenvalue weighted by Crippen LogP contribution is -2.14. The molecule has 106 valence electrons. The number of amides is 1. The van der Waals surface area contributed by atoms with E-state index in [4.69, 9.17) is 5.11 Å². The zero-order valence-corrected chi connectivity index (χ0v) is 11.6. The minimum absolute atomic E-state index is 0.112. The fourth-order valence-electron chi connectivity index (χ4n) is 1.75. The molecule has 0 atom stereocenters. The first-order valence-electron chi connectivity index (χ1n) is 5.83. The minimum Gasteiger partial charge on any atom is -0.465 e. The van der Waals surface area contributed by atoms with Crippen LogP contribution in [0.1, 0.15) is 0 Å². The lowest BCUT2D eigenvalue weighted by molar-refractivity contribution is 0.210. The van der Waals surface area contributed by atoms with Crippen LogP contribution in [-0.4, -0.2) is 30.7 Å². The second-order valence-electron chi connectivity index (χ2n) is 4.20. The molecule has 9 heteroatoms. The van der Waals surface area contributed by atoms with Gasteiger partial charge < -0.3 is 9.67 Å². The average molecular weight is 303 g/mol. The lowest BCUT2D eigenvalue weighted by atomic mass is 10.2. The van der Waals surface area contributed by atoms with E-state index in [1.165, 1.54) is 16.8 Å². The number of nitrogens with zero attached hydrogens (tertiary/aromatic N) is 4. The predicted molar refractivity (Wildman–Crippen MR) is 77.5 cm³/mol. The number of thiazole rings is 1. The number of hydrogen-bond acceptors (Lipinski definition) is 6. The van der Waals surface area contributed by atoms with Crippen molar-refractivity contribution in [3.63, 3.8) is 0 Å². The summed E-state index contributed by atoms with van der Waals surface area (Å²) >= 11 is 1.10. The summed E-state index contributed by atoms with van der Waals surface area (Å²) in [5.74, 6) is 0. The topological polar surface area (TPSA) is 110 Å². The van der Waals surface area contributed by atoms with E-state index in [1.54, 1.807) is 19.3 Å². The molecule has 0 spiro atoms. The number of aromatic nitrogens is 4. The molecule has 3 aromatic heterocycles. The normalized spacial score (nSPS) is 10.7. The van der Waals surface area contributed by atoms with Gasteiger partial charge in [0.15, 0.2) is 15.6 Å². The third kappa shape index (κ3) is 2.58. The summed E-state index contributed by atoms with van der Waals surface area (Å²) in [4.78, 5) is 35.0. The van der Waals surface area contributed by atoms with Crippen LogP contribution in [0.3, 0.4) is 0 Å². The van der Waals surface area contributed by atoms with Crippen LogP contribution in [-0.2, 0) is 7.05 Å². The standard InChI is InChI=1S/C12H9N5O3S/c1-17-5-6(2-3-8(17)18)7-4-13-9-10(14-7)21-11(15-9)16-12(19)20/h2-5H,1H3,(H,19,20)(H,13,15,16). The van der Waals surface area contributed by atoms with Gasteiger partial charge in [0.2, 0.25) is 5.56 Å². The van der Waals surface area contributed by atoms with Crippen molar-refractivity contribution in [3.8, 4) is 11.3 Å². The third-order valence-electron chi connectivity index (χ3n) is 2.72. The molecular formula is C12H9N5O3S. The SMILES string of the molecule is Cn1cc(-c2cnc3nc(NC(=O)O)sc3n2)ccc1=O. The Balaban J connectivity index is 2.05. The maximum atomic E-state index is 11.4. The van der Waals surface area contributed by atoms with Crippen LogP contribution in [0, 0.1) is 0 Å². The van der Waals surface area contributed by atoms with Crippen molar-refractivity contribution < 1.29 is 9.90 Å². The van der Waals surface area contributed by atoms with Crippen LogP contribution in [0.2, 0.25) is 0 Å². The van der Waals surface area contributed by atoms with Crippen molar-refractivity contribution in [2.24, 2.45) is 7.05 Å². The first-order chi connectivity index (χ1) is 10.0. The summed E-state index contributed by atoms with van der Waals surface area (Å²) in [6.45, 7) is 0. The first-order valence-corrected chi connectivity index (χ1v) is 6.65. The zero-order chi connectivity index (χ0) is 15.0. The Hall–Kier alpha value is -2.81. The molecule has 0 aliphatic heterocycles. The molecule has 3 aromatic rings. The molecule has 3 rings (SSSR count). The molecule has 2 N–H and O–H groups in total. The van der Waals surface area contributed by atoms with E-state index in [9.17, 15) is 9.59 Å². The van der Waals surface area contributed by atoms with Gasteiger partial charge in [0.05, 0.1) is 11.9 Å². The van der Waals surface area contributed by atoms with Crippen LogP contribution >= 0.6 is 11.3 Å². The van der Waals surface area contributed by atoms with Gasteiger partial charge in [-0.15, -0.1) is 0 Å². The highest BCUT2D eigenvalue weighted by molar-refractivity contribution is 7.21. The van der Waals surface area contributed by atoms with Gasteiger partial charge in [-0.3, -0.25) is 10.1 Å². The van der Waals surface area contributed by atoms with E-state index in [1.807, 2.05) is 0 Å². The Kier molecular flexibility index (Phi) is 3.10. The Bertz CT molecular complexity index is 901. The van der Waals surface area contributed by atoms with Gasteiger partial charge in [0.25, 0.3) is 0 Å². The summed E-state index contributed by atoms with van der Waals surface area (Å²) in [5, 5.41) is 11.0. The largest absolute Gasteiger partial charge is 0.465 e. The van der Waals surface area contributed by atoms with Crippen LogP contribution in [0.4, 0.5) is 9.93 Å². The Morgan fingerprint density at radius 3 is 2.90 bits per heavy atom. The monoisotopic (exact) mass is 303 g/mol. The second-order valence-corrected chi connectivity index (χ2v) is 5.18. The maximum Gasteiger partial charge on any atom is 0.410 e. The van der Waals surface area contributed by atoms with Gasteiger partial charge in [0.1, 0.15) is 0 Å². The van der Waals surface area contributed by atoms with Crippen LogP contribution in [0.25, 0.3) is 21.7 Å². The summed E-state index contributed by atoms with van der Waals surface area (Å²) in [5.41, 5.74) is 1.59. The van der Waals surface area contributed by atoms with Crippen molar-refractivity contribution in [3.05, 3.63) is 34.9 Å². The van der Waals surface area contributed by atoms with E-state index in [2.05, 4.69) is 20.3 Å². The highest BCUT2D eigenvalue weighted by Gasteiger charge is 2.10. The fourth-order valence-corrected chi connectivity index (χ4v) is 2.54. The molecule has 0 saturated carbocycles. The van der Waals surface area contributed by atoms with E-state index >= 15 is 0 Å². The molecule has 0 saturated heterocycles. The molecule has 0 aromatic carbocycles. The summed E-state index contributed by atoms with van der Waals surface area (Å²) in [7, 11) is 1.65. The Labute approximate surface area is 121 Å². The minimum atomic E-state index is -1.19. The molecule has 0 aliphatic rings. The van der Waals surface area contributed by atoms with E-state index in [0.29, 0.717) is 16.2 Å². The van der Waals surface area contributed by atoms with Crippen LogP contribution in [0.5, 0.6) is 0 Å². The number of pyridine rings is 1. The number of rotatable bonds is 2.